The monoisotopic (exact) mass is 463 g/mol. The van der Waals surface area contributed by atoms with Gasteiger partial charge in [-0.1, -0.05) is 0 Å². The van der Waals surface area contributed by atoms with Gasteiger partial charge in [0.15, 0.2) is 11.6 Å². The SMILES string of the molecule is CC(C)(C)OC(=O)NCC(Cn1ncn(-c2ncc(Br)cc2F)c1=O)=C(F)F. The van der Waals surface area contributed by atoms with E-state index in [0.717, 1.165) is 17.0 Å². The second-order valence-electron chi connectivity index (χ2n) is 6.62. The molecule has 0 aliphatic heterocycles. The van der Waals surface area contributed by atoms with E-state index in [1.807, 2.05) is 0 Å². The molecule has 152 valence electrons. The zero-order valence-corrected chi connectivity index (χ0v) is 16.8. The van der Waals surface area contributed by atoms with Crippen LogP contribution in [0.5, 0.6) is 0 Å². The predicted octanol–water partition coefficient (Wildman–Crippen LogP) is 3.01. The highest BCUT2D eigenvalue weighted by atomic mass is 79.9. The molecular weight excluding hydrogens is 447 g/mol. The van der Waals surface area contributed by atoms with E-state index in [4.69, 9.17) is 4.74 Å². The lowest BCUT2D eigenvalue weighted by Gasteiger charge is -2.19. The first-order valence-corrected chi connectivity index (χ1v) is 8.73. The van der Waals surface area contributed by atoms with Gasteiger partial charge in [0.1, 0.15) is 11.9 Å². The van der Waals surface area contributed by atoms with Crippen molar-refractivity contribution < 1.29 is 22.7 Å². The highest BCUT2D eigenvalue weighted by Gasteiger charge is 2.19. The smallest absolute Gasteiger partial charge is 0.407 e. The number of carbonyl (C=O) groups is 1. The quantitative estimate of drug-likeness (QED) is 0.735. The van der Waals surface area contributed by atoms with Gasteiger partial charge in [0.2, 0.25) is 0 Å². The standard InChI is InChI=1S/C16H17BrF3N5O3/c1-16(2,3)28-14(26)22-5-9(12(19)20)7-25-15(27)24(8-23-25)13-11(18)4-10(17)6-21-13/h4,6,8H,5,7H2,1-3H3,(H,22,26). The highest BCUT2D eigenvalue weighted by Crippen LogP contribution is 2.15. The third-order valence-electron chi connectivity index (χ3n) is 3.20. The van der Waals surface area contributed by atoms with Crippen molar-refractivity contribution in [3.05, 3.63) is 51.0 Å². The largest absolute Gasteiger partial charge is 0.444 e. The third-order valence-corrected chi connectivity index (χ3v) is 3.64. The second-order valence-corrected chi connectivity index (χ2v) is 7.54. The van der Waals surface area contributed by atoms with Crippen LogP contribution in [0.3, 0.4) is 0 Å². The highest BCUT2D eigenvalue weighted by molar-refractivity contribution is 9.10. The summed E-state index contributed by atoms with van der Waals surface area (Å²) in [6, 6.07) is 1.10. The summed E-state index contributed by atoms with van der Waals surface area (Å²) in [6.45, 7) is 3.71. The van der Waals surface area contributed by atoms with Crippen LogP contribution in [0.25, 0.3) is 5.82 Å². The molecule has 8 nitrogen and oxygen atoms in total. The van der Waals surface area contributed by atoms with Crippen LogP contribution in [0.1, 0.15) is 20.8 Å². The van der Waals surface area contributed by atoms with E-state index >= 15 is 0 Å². The van der Waals surface area contributed by atoms with Crippen LogP contribution < -0.4 is 11.0 Å². The first-order chi connectivity index (χ1) is 13.0. The Labute approximate surface area is 166 Å². The lowest BCUT2D eigenvalue weighted by Crippen LogP contribution is -2.35. The number of hydrogen-bond donors (Lipinski definition) is 1. The van der Waals surface area contributed by atoms with Gasteiger partial charge in [-0.2, -0.15) is 13.9 Å². The molecule has 0 bridgehead atoms. The number of halogens is 4. The lowest BCUT2D eigenvalue weighted by molar-refractivity contribution is 0.0531. The molecule has 0 radical (unpaired) electrons. The van der Waals surface area contributed by atoms with Gasteiger partial charge in [-0.05, 0) is 42.8 Å². The zero-order valence-electron chi connectivity index (χ0n) is 15.2. The molecule has 12 heteroatoms. The van der Waals surface area contributed by atoms with Gasteiger partial charge in [0, 0.05) is 22.8 Å². The molecule has 0 saturated carbocycles. The Bertz CT molecular complexity index is 961. The van der Waals surface area contributed by atoms with Gasteiger partial charge in [-0.3, -0.25) is 0 Å². The summed E-state index contributed by atoms with van der Waals surface area (Å²) in [6.07, 6.45) is -0.716. The maximum atomic E-state index is 14.0. The van der Waals surface area contributed by atoms with Crippen LogP contribution in [0.15, 0.2) is 39.5 Å². The van der Waals surface area contributed by atoms with Crippen LogP contribution in [0.2, 0.25) is 0 Å². The summed E-state index contributed by atoms with van der Waals surface area (Å²) in [5.74, 6) is -1.12. The average Bonchev–Trinajstić information content (AvgIpc) is 2.90. The van der Waals surface area contributed by atoms with Crippen molar-refractivity contribution in [1.29, 1.82) is 0 Å². The Hall–Kier alpha value is -2.63. The number of ether oxygens (including phenoxy) is 1. The molecule has 2 aromatic rings. The summed E-state index contributed by atoms with van der Waals surface area (Å²) in [7, 11) is 0. The molecule has 2 heterocycles. The van der Waals surface area contributed by atoms with Gasteiger partial charge in [0.25, 0.3) is 6.08 Å². The van der Waals surface area contributed by atoms with E-state index in [1.54, 1.807) is 20.8 Å². The number of rotatable bonds is 5. The Kier molecular flexibility index (Phi) is 6.65. The van der Waals surface area contributed by atoms with Crippen LogP contribution in [-0.4, -0.2) is 37.6 Å². The number of nitrogens with zero attached hydrogens (tertiary/aromatic N) is 4. The Balaban J connectivity index is 2.17. The summed E-state index contributed by atoms with van der Waals surface area (Å²) in [5, 5.41) is 5.89. The van der Waals surface area contributed by atoms with E-state index in [-0.39, 0.29) is 5.82 Å². The summed E-state index contributed by atoms with van der Waals surface area (Å²) in [4.78, 5) is 27.8. The number of pyridine rings is 1. The van der Waals surface area contributed by atoms with Gasteiger partial charge < -0.3 is 10.1 Å². The van der Waals surface area contributed by atoms with Crippen LogP contribution in [0.4, 0.5) is 18.0 Å². The summed E-state index contributed by atoms with van der Waals surface area (Å²) >= 11 is 3.04. The minimum Gasteiger partial charge on any atom is -0.444 e. The third kappa shape index (κ3) is 5.68. The minimum atomic E-state index is -2.08. The Morgan fingerprint density at radius 3 is 2.61 bits per heavy atom. The topological polar surface area (TPSA) is 91.0 Å². The molecule has 0 aliphatic carbocycles. The number of carbonyl (C=O) groups excluding carboxylic acids is 1. The molecule has 2 aromatic heterocycles. The zero-order chi connectivity index (χ0) is 21.1. The van der Waals surface area contributed by atoms with Crippen molar-refractivity contribution in [3.63, 3.8) is 0 Å². The average molecular weight is 464 g/mol. The van der Waals surface area contributed by atoms with Crippen molar-refractivity contribution in [2.75, 3.05) is 6.54 Å². The molecule has 0 saturated heterocycles. The van der Waals surface area contributed by atoms with E-state index < -0.39 is 47.9 Å². The number of aromatic nitrogens is 4. The Morgan fingerprint density at radius 2 is 2.04 bits per heavy atom. The Morgan fingerprint density at radius 1 is 1.36 bits per heavy atom. The van der Waals surface area contributed by atoms with Crippen molar-refractivity contribution in [2.24, 2.45) is 0 Å². The maximum Gasteiger partial charge on any atom is 0.407 e. The van der Waals surface area contributed by atoms with E-state index in [9.17, 15) is 22.8 Å². The molecule has 2 rings (SSSR count). The van der Waals surface area contributed by atoms with Crippen LogP contribution >= 0.6 is 15.9 Å². The molecule has 0 aromatic carbocycles. The number of amides is 1. The first kappa shape index (κ1) is 21.7. The first-order valence-electron chi connectivity index (χ1n) is 7.93. The number of hydrogen-bond acceptors (Lipinski definition) is 5. The van der Waals surface area contributed by atoms with Gasteiger partial charge in [0.05, 0.1) is 6.54 Å². The number of nitrogens with one attached hydrogen (secondary N) is 1. The summed E-state index contributed by atoms with van der Waals surface area (Å²) < 4.78 is 47.2. The molecule has 0 unspecified atom stereocenters. The normalized spacial score (nSPS) is 11.2. The molecule has 1 amide bonds. The van der Waals surface area contributed by atoms with E-state index in [2.05, 4.69) is 31.3 Å². The molecule has 0 atom stereocenters. The molecule has 0 aliphatic rings. The molecule has 1 N–H and O–H groups in total. The van der Waals surface area contributed by atoms with Crippen molar-refractivity contribution in [3.8, 4) is 5.82 Å². The van der Waals surface area contributed by atoms with Crippen molar-refractivity contribution in [1.82, 2.24) is 24.6 Å². The predicted molar refractivity (Wildman–Crippen MR) is 96.8 cm³/mol. The van der Waals surface area contributed by atoms with Crippen molar-refractivity contribution >= 4 is 22.0 Å². The van der Waals surface area contributed by atoms with Gasteiger partial charge in [-0.15, -0.1) is 0 Å². The summed E-state index contributed by atoms with van der Waals surface area (Å²) in [5.41, 5.74) is -2.22. The number of alkyl carbamates (subject to hydrolysis) is 1. The van der Waals surface area contributed by atoms with Crippen LogP contribution in [0, 0.1) is 5.82 Å². The molecule has 28 heavy (non-hydrogen) atoms. The van der Waals surface area contributed by atoms with Gasteiger partial charge >= 0.3 is 11.8 Å². The van der Waals surface area contributed by atoms with E-state index in [0.29, 0.717) is 9.15 Å². The molecular formula is C16H17BrF3N5O3. The van der Waals surface area contributed by atoms with Crippen molar-refractivity contribution in [2.45, 2.75) is 32.9 Å². The van der Waals surface area contributed by atoms with Crippen LogP contribution in [-0.2, 0) is 11.3 Å². The molecule has 0 fully saturated rings. The second kappa shape index (κ2) is 8.59. The van der Waals surface area contributed by atoms with Gasteiger partial charge in [-0.25, -0.2) is 28.2 Å². The maximum absolute atomic E-state index is 14.0. The van der Waals surface area contributed by atoms with E-state index in [1.165, 1.54) is 6.20 Å². The fourth-order valence-electron chi connectivity index (χ4n) is 2.03. The fourth-order valence-corrected chi connectivity index (χ4v) is 2.34. The lowest BCUT2D eigenvalue weighted by atomic mass is 10.2. The molecule has 0 spiro atoms. The fraction of sp³-hybridized carbons (Fsp3) is 0.375. The minimum absolute atomic E-state index is 0.322.